The lowest BCUT2D eigenvalue weighted by molar-refractivity contribution is -0.126. The van der Waals surface area contributed by atoms with Crippen molar-refractivity contribution in [2.45, 2.75) is 38.3 Å². The minimum absolute atomic E-state index is 0.0193. The molecule has 1 aliphatic rings. The average Bonchev–Trinajstić information content (AvgIpc) is 2.35. The third-order valence-corrected chi connectivity index (χ3v) is 4.17. The van der Waals surface area contributed by atoms with Crippen LogP contribution >= 0.6 is 0 Å². The smallest absolute Gasteiger partial charge is 0.224 e. The Morgan fingerprint density at radius 2 is 1.94 bits per heavy atom. The Labute approximate surface area is 110 Å². The molecule has 5 nitrogen and oxygen atoms in total. The van der Waals surface area contributed by atoms with Crippen molar-refractivity contribution in [1.29, 1.82) is 0 Å². The van der Waals surface area contributed by atoms with Gasteiger partial charge in [0.2, 0.25) is 5.91 Å². The van der Waals surface area contributed by atoms with Gasteiger partial charge < -0.3 is 20.7 Å². The third kappa shape index (κ3) is 3.67. The lowest BCUT2D eigenvalue weighted by Gasteiger charge is -2.43. The van der Waals surface area contributed by atoms with Gasteiger partial charge in [-0.05, 0) is 33.9 Å². The highest BCUT2D eigenvalue weighted by molar-refractivity contribution is 5.79. The Hall–Kier alpha value is -0.650. The van der Waals surface area contributed by atoms with Crippen molar-refractivity contribution in [3.8, 4) is 0 Å². The highest BCUT2D eigenvalue weighted by atomic mass is 16.5. The Kier molecular flexibility index (Phi) is 5.56. The second-order valence-corrected chi connectivity index (χ2v) is 5.60. The lowest BCUT2D eigenvalue weighted by Crippen LogP contribution is -2.56. The van der Waals surface area contributed by atoms with Gasteiger partial charge in [-0.1, -0.05) is 6.92 Å². The third-order valence-electron chi connectivity index (χ3n) is 4.17. The highest BCUT2D eigenvalue weighted by Gasteiger charge is 2.35. The van der Waals surface area contributed by atoms with Crippen molar-refractivity contribution < 1.29 is 9.53 Å². The minimum Gasteiger partial charge on any atom is -0.381 e. The number of carbonyl (C=O) groups is 1. The fraction of sp³-hybridized carbons (Fsp3) is 0.923. The molecule has 1 saturated heterocycles. The van der Waals surface area contributed by atoms with E-state index in [0.717, 1.165) is 26.1 Å². The maximum atomic E-state index is 12.0. The van der Waals surface area contributed by atoms with E-state index in [1.54, 1.807) is 0 Å². The van der Waals surface area contributed by atoms with Crippen molar-refractivity contribution in [1.82, 2.24) is 10.2 Å². The van der Waals surface area contributed by atoms with Gasteiger partial charge in [-0.2, -0.15) is 0 Å². The second kappa shape index (κ2) is 6.50. The molecule has 1 heterocycles. The zero-order valence-corrected chi connectivity index (χ0v) is 12.0. The van der Waals surface area contributed by atoms with Crippen LogP contribution in [-0.4, -0.2) is 56.2 Å². The summed E-state index contributed by atoms with van der Waals surface area (Å²) in [6.45, 7) is 5.92. The molecule has 1 amide bonds. The van der Waals surface area contributed by atoms with Crippen LogP contribution < -0.4 is 11.1 Å². The minimum atomic E-state index is -0.149. The van der Waals surface area contributed by atoms with Gasteiger partial charge in [0.1, 0.15) is 0 Å². The molecule has 2 unspecified atom stereocenters. The number of hydrogen-bond donors (Lipinski definition) is 2. The maximum absolute atomic E-state index is 12.0. The average molecular weight is 257 g/mol. The van der Waals surface area contributed by atoms with E-state index in [9.17, 15) is 4.79 Å². The number of nitrogens with one attached hydrogen (secondary N) is 1. The zero-order valence-electron chi connectivity index (χ0n) is 12.0. The Morgan fingerprint density at radius 3 is 2.39 bits per heavy atom. The summed E-state index contributed by atoms with van der Waals surface area (Å²) < 4.78 is 5.41. The quantitative estimate of drug-likeness (QED) is 0.738. The highest BCUT2D eigenvalue weighted by Crippen LogP contribution is 2.25. The number of ether oxygens (including phenoxy) is 1. The number of likely N-dealkylation sites (N-methyl/N-ethyl adjacent to an activating group) is 1. The fourth-order valence-electron chi connectivity index (χ4n) is 2.18. The van der Waals surface area contributed by atoms with Gasteiger partial charge in [-0.3, -0.25) is 4.79 Å². The summed E-state index contributed by atoms with van der Waals surface area (Å²) in [5.74, 6) is -0.109. The van der Waals surface area contributed by atoms with E-state index in [1.807, 2.05) is 13.8 Å². The van der Waals surface area contributed by atoms with Crippen molar-refractivity contribution in [3.05, 3.63) is 0 Å². The van der Waals surface area contributed by atoms with Crippen LogP contribution in [0.5, 0.6) is 0 Å². The Morgan fingerprint density at radius 1 is 1.39 bits per heavy atom. The Bertz CT molecular complexity index is 273. The summed E-state index contributed by atoms with van der Waals surface area (Å²) in [5, 5.41) is 3.04. The molecular weight excluding hydrogens is 230 g/mol. The van der Waals surface area contributed by atoms with Gasteiger partial charge in [0.15, 0.2) is 0 Å². The first-order valence-corrected chi connectivity index (χ1v) is 6.67. The number of amides is 1. The molecule has 0 aromatic heterocycles. The van der Waals surface area contributed by atoms with Crippen molar-refractivity contribution in [2.75, 3.05) is 33.9 Å². The molecule has 0 spiro atoms. The van der Waals surface area contributed by atoms with E-state index in [1.165, 1.54) is 0 Å². The molecule has 18 heavy (non-hydrogen) atoms. The van der Waals surface area contributed by atoms with E-state index in [4.69, 9.17) is 10.5 Å². The molecule has 0 aromatic carbocycles. The summed E-state index contributed by atoms with van der Waals surface area (Å²) in [6, 6.07) is -0.116. The van der Waals surface area contributed by atoms with E-state index in [-0.39, 0.29) is 23.4 Å². The second-order valence-electron chi connectivity index (χ2n) is 5.60. The van der Waals surface area contributed by atoms with Crippen LogP contribution in [0.1, 0.15) is 26.7 Å². The largest absolute Gasteiger partial charge is 0.381 e. The van der Waals surface area contributed by atoms with E-state index < -0.39 is 0 Å². The number of nitrogens with zero attached hydrogens (tertiary/aromatic N) is 1. The standard InChI is InChI=1S/C13H27N3O2/c1-10(11(2)14)12(17)15-9-13(16(3)4)5-7-18-8-6-13/h10-11H,5-9,14H2,1-4H3,(H,15,17). The van der Waals surface area contributed by atoms with Gasteiger partial charge in [0.25, 0.3) is 0 Å². The molecule has 1 fully saturated rings. The van der Waals surface area contributed by atoms with Crippen LogP contribution in [0.4, 0.5) is 0 Å². The fourth-order valence-corrected chi connectivity index (χ4v) is 2.18. The van der Waals surface area contributed by atoms with E-state index >= 15 is 0 Å². The zero-order chi connectivity index (χ0) is 13.8. The number of nitrogens with two attached hydrogens (primary N) is 1. The monoisotopic (exact) mass is 257 g/mol. The first-order valence-electron chi connectivity index (χ1n) is 6.67. The summed E-state index contributed by atoms with van der Waals surface area (Å²) in [4.78, 5) is 14.2. The van der Waals surface area contributed by atoms with Gasteiger partial charge in [0.05, 0.1) is 0 Å². The van der Waals surface area contributed by atoms with Crippen LogP contribution in [0.2, 0.25) is 0 Å². The normalized spacial score (nSPS) is 22.6. The summed E-state index contributed by atoms with van der Waals surface area (Å²) in [5.41, 5.74) is 5.77. The predicted octanol–water partition coefficient (Wildman–Crippen LogP) is 0.197. The molecule has 106 valence electrons. The van der Waals surface area contributed by atoms with Gasteiger partial charge >= 0.3 is 0 Å². The van der Waals surface area contributed by atoms with Crippen LogP contribution in [0, 0.1) is 5.92 Å². The molecule has 5 heteroatoms. The van der Waals surface area contributed by atoms with Crippen molar-refractivity contribution in [3.63, 3.8) is 0 Å². The first-order chi connectivity index (χ1) is 8.39. The lowest BCUT2D eigenvalue weighted by atomic mass is 9.88. The molecule has 2 atom stereocenters. The van der Waals surface area contributed by atoms with Crippen molar-refractivity contribution >= 4 is 5.91 Å². The SMILES string of the molecule is CC(N)C(C)C(=O)NCC1(N(C)C)CCOCC1. The summed E-state index contributed by atoms with van der Waals surface area (Å²) >= 11 is 0. The molecule has 0 saturated carbocycles. The van der Waals surface area contributed by atoms with E-state index in [2.05, 4.69) is 24.3 Å². The number of hydrogen-bond acceptors (Lipinski definition) is 4. The van der Waals surface area contributed by atoms with Gasteiger partial charge in [0, 0.05) is 37.3 Å². The van der Waals surface area contributed by atoms with Crippen molar-refractivity contribution in [2.24, 2.45) is 11.7 Å². The van der Waals surface area contributed by atoms with Gasteiger partial charge in [-0.15, -0.1) is 0 Å². The topological polar surface area (TPSA) is 67.6 Å². The predicted molar refractivity (Wildman–Crippen MR) is 72.3 cm³/mol. The molecule has 3 N–H and O–H groups in total. The number of carbonyl (C=O) groups excluding carboxylic acids is 1. The van der Waals surface area contributed by atoms with Gasteiger partial charge in [-0.25, -0.2) is 0 Å². The molecular formula is C13H27N3O2. The molecule has 1 aliphatic heterocycles. The van der Waals surface area contributed by atoms with Crippen LogP contribution in [0.3, 0.4) is 0 Å². The molecule has 0 bridgehead atoms. The molecule has 1 rings (SSSR count). The van der Waals surface area contributed by atoms with Crippen LogP contribution in [-0.2, 0) is 9.53 Å². The maximum Gasteiger partial charge on any atom is 0.224 e. The molecule has 0 aromatic rings. The van der Waals surface area contributed by atoms with Crippen LogP contribution in [0.15, 0.2) is 0 Å². The first kappa shape index (κ1) is 15.4. The number of rotatable bonds is 5. The molecule has 0 radical (unpaired) electrons. The Balaban J connectivity index is 2.55. The molecule has 0 aliphatic carbocycles. The van der Waals surface area contributed by atoms with E-state index in [0.29, 0.717) is 6.54 Å². The van der Waals surface area contributed by atoms with Crippen LogP contribution in [0.25, 0.3) is 0 Å². The summed E-state index contributed by atoms with van der Waals surface area (Å²) in [6.07, 6.45) is 1.90. The summed E-state index contributed by atoms with van der Waals surface area (Å²) in [7, 11) is 4.12.